The Morgan fingerprint density at radius 1 is 1.33 bits per heavy atom. The molecule has 1 nitrogen and oxygen atoms in total. The lowest BCUT2D eigenvalue weighted by molar-refractivity contribution is 0.305. The van der Waals surface area contributed by atoms with Gasteiger partial charge in [0.25, 0.3) is 0 Å². The zero-order valence-corrected chi connectivity index (χ0v) is 7.23. The third kappa shape index (κ3) is 4.46. The van der Waals surface area contributed by atoms with E-state index in [1.807, 2.05) is 0 Å². The summed E-state index contributed by atoms with van der Waals surface area (Å²) >= 11 is 0. The van der Waals surface area contributed by atoms with Crippen molar-refractivity contribution in [3.8, 4) is 0 Å². The molecule has 0 saturated heterocycles. The predicted octanol–water partition coefficient (Wildman–Crippen LogP) is 2.15. The number of hydrogen-bond acceptors (Lipinski definition) is 1. The van der Waals surface area contributed by atoms with Gasteiger partial charge >= 0.3 is 0 Å². The molecule has 0 atom stereocenters. The molecule has 0 aliphatic rings. The molecule has 9 heavy (non-hydrogen) atoms. The van der Waals surface area contributed by atoms with Crippen molar-refractivity contribution in [2.45, 2.75) is 27.2 Å². The van der Waals surface area contributed by atoms with Gasteiger partial charge in [-0.15, -0.1) is 0 Å². The minimum absolute atomic E-state index is 0.365. The molecule has 0 spiro atoms. The zero-order valence-electron chi connectivity index (χ0n) is 7.23. The third-order valence-electron chi connectivity index (χ3n) is 1.52. The maximum atomic E-state index is 2.24. The van der Waals surface area contributed by atoms with Crippen LogP contribution in [0.15, 0.2) is 0 Å². The Bertz CT molecular complexity index is 74.6. The van der Waals surface area contributed by atoms with Crippen molar-refractivity contribution in [2.75, 3.05) is 14.1 Å². The molecule has 0 N–H and O–H groups in total. The molecule has 0 amide bonds. The van der Waals surface area contributed by atoms with Gasteiger partial charge in [0.2, 0.25) is 0 Å². The highest BCUT2D eigenvalue weighted by molar-refractivity contribution is 4.80. The van der Waals surface area contributed by atoms with Crippen molar-refractivity contribution in [1.82, 2.24) is 4.90 Å². The molecule has 0 unspecified atom stereocenters. The van der Waals surface area contributed by atoms with Crippen molar-refractivity contribution in [1.29, 1.82) is 0 Å². The quantitative estimate of drug-likeness (QED) is 0.563. The highest BCUT2D eigenvalue weighted by Crippen LogP contribution is 2.23. The number of hydrogen-bond donors (Lipinski definition) is 0. The summed E-state index contributed by atoms with van der Waals surface area (Å²) in [6.45, 7) is 8.94. The van der Waals surface area contributed by atoms with Crippen molar-refractivity contribution < 1.29 is 0 Å². The van der Waals surface area contributed by atoms with E-state index in [9.17, 15) is 0 Å². The Morgan fingerprint density at radius 3 is 1.89 bits per heavy atom. The smallest absolute Gasteiger partial charge is 0.0301 e. The first-order valence-electron chi connectivity index (χ1n) is 3.50. The molecule has 1 heteroatoms. The summed E-state index contributed by atoms with van der Waals surface area (Å²) < 4.78 is 0. The lowest BCUT2D eigenvalue weighted by atomic mass is 9.90. The Kier molecular flexibility index (Phi) is 3.20. The largest absolute Gasteiger partial charge is 0.304 e. The van der Waals surface area contributed by atoms with Crippen LogP contribution in [0.3, 0.4) is 0 Å². The summed E-state index contributed by atoms with van der Waals surface area (Å²) in [5.41, 5.74) is 0.365. The van der Waals surface area contributed by atoms with Crippen molar-refractivity contribution >= 4 is 0 Å². The monoisotopic (exact) mass is 128 g/mol. The molecule has 0 aromatic rings. The summed E-state index contributed by atoms with van der Waals surface area (Å²) in [6.07, 6.45) is 1.20. The van der Waals surface area contributed by atoms with Gasteiger partial charge in [0.05, 0.1) is 0 Å². The standard InChI is InChI=1S/C8H18N/c1-6-8(2,3)7-9(4)5/h7H,6H2,1-5H3. The van der Waals surface area contributed by atoms with Crippen LogP contribution in [0.1, 0.15) is 27.2 Å². The van der Waals surface area contributed by atoms with Gasteiger partial charge < -0.3 is 4.90 Å². The molecule has 0 aromatic heterocycles. The first kappa shape index (κ1) is 8.96. The summed E-state index contributed by atoms with van der Waals surface area (Å²) in [5, 5.41) is 0. The van der Waals surface area contributed by atoms with E-state index in [1.54, 1.807) is 0 Å². The Morgan fingerprint density at radius 2 is 1.78 bits per heavy atom. The minimum atomic E-state index is 0.365. The number of nitrogens with zero attached hydrogens (tertiary/aromatic N) is 1. The molecule has 0 heterocycles. The Hall–Kier alpha value is -0.0400. The summed E-state index contributed by atoms with van der Waals surface area (Å²) in [7, 11) is 4.13. The minimum Gasteiger partial charge on any atom is -0.304 e. The molecule has 55 valence electrons. The Balaban J connectivity index is 3.58. The van der Waals surface area contributed by atoms with Gasteiger partial charge in [-0.1, -0.05) is 20.8 Å². The average Bonchev–Trinajstić information content (AvgIpc) is 1.63. The van der Waals surface area contributed by atoms with Crippen LogP contribution < -0.4 is 0 Å². The average molecular weight is 128 g/mol. The van der Waals surface area contributed by atoms with E-state index in [0.29, 0.717) is 5.41 Å². The fourth-order valence-corrected chi connectivity index (χ4v) is 0.790. The van der Waals surface area contributed by atoms with E-state index in [4.69, 9.17) is 0 Å². The molecule has 0 fully saturated rings. The Labute approximate surface area is 59.1 Å². The lowest BCUT2D eigenvalue weighted by Gasteiger charge is -2.25. The van der Waals surface area contributed by atoms with Crippen molar-refractivity contribution in [3.05, 3.63) is 6.54 Å². The second-order valence-electron chi connectivity index (χ2n) is 3.43. The second kappa shape index (κ2) is 3.21. The molecular weight excluding hydrogens is 110 g/mol. The van der Waals surface area contributed by atoms with Crippen LogP contribution in [-0.2, 0) is 0 Å². The fraction of sp³-hybridized carbons (Fsp3) is 0.875. The van der Waals surface area contributed by atoms with Gasteiger partial charge in [0, 0.05) is 6.54 Å². The van der Waals surface area contributed by atoms with Gasteiger partial charge in [-0.3, -0.25) is 0 Å². The highest BCUT2D eigenvalue weighted by atomic mass is 15.1. The third-order valence-corrected chi connectivity index (χ3v) is 1.52. The van der Waals surface area contributed by atoms with Crippen LogP contribution in [0.4, 0.5) is 0 Å². The van der Waals surface area contributed by atoms with Gasteiger partial charge in [0.1, 0.15) is 0 Å². The lowest BCUT2D eigenvalue weighted by Crippen LogP contribution is -2.21. The van der Waals surface area contributed by atoms with E-state index >= 15 is 0 Å². The van der Waals surface area contributed by atoms with Gasteiger partial charge in [-0.25, -0.2) is 0 Å². The van der Waals surface area contributed by atoms with Crippen molar-refractivity contribution in [3.63, 3.8) is 0 Å². The zero-order chi connectivity index (χ0) is 7.49. The van der Waals surface area contributed by atoms with Gasteiger partial charge in [0.15, 0.2) is 0 Å². The molecule has 0 rings (SSSR count). The van der Waals surface area contributed by atoms with Crippen LogP contribution >= 0.6 is 0 Å². The van der Waals surface area contributed by atoms with E-state index in [1.165, 1.54) is 6.42 Å². The van der Waals surface area contributed by atoms with E-state index in [2.05, 4.69) is 46.3 Å². The van der Waals surface area contributed by atoms with Gasteiger partial charge in [-0.2, -0.15) is 0 Å². The molecule has 0 aromatic carbocycles. The molecule has 1 radical (unpaired) electrons. The van der Waals surface area contributed by atoms with E-state index in [-0.39, 0.29) is 0 Å². The topological polar surface area (TPSA) is 3.24 Å². The SMILES string of the molecule is CCC(C)(C)[CH]N(C)C. The van der Waals surface area contributed by atoms with E-state index < -0.39 is 0 Å². The van der Waals surface area contributed by atoms with Crippen LogP contribution in [0.2, 0.25) is 0 Å². The highest BCUT2D eigenvalue weighted by Gasteiger charge is 2.15. The summed E-state index contributed by atoms with van der Waals surface area (Å²) in [4.78, 5) is 2.11. The van der Waals surface area contributed by atoms with Crippen LogP contribution in [0, 0.1) is 12.0 Å². The van der Waals surface area contributed by atoms with E-state index in [0.717, 1.165) is 0 Å². The maximum absolute atomic E-state index is 2.24. The van der Waals surface area contributed by atoms with Crippen molar-refractivity contribution in [2.24, 2.45) is 5.41 Å². The summed E-state index contributed by atoms with van der Waals surface area (Å²) in [6, 6.07) is 0. The van der Waals surface area contributed by atoms with Crippen LogP contribution in [-0.4, -0.2) is 19.0 Å². The number of rotatable bonds is 3. The van der Waals surface area contributed by atoms with Crippen LogP contribution in [0.5, 0.6) is 0 Å². The molecule has 0 saturated carbocycles. The maximum Gasteiger partial charge on any atom is 0.0301 e. The molecular formula is C8H18N. The first-order valence-corrected chi connectivity index (χ1v) is 3.50. The normalized spacial score (nSPS) is 12.7. The summed E-state index contributed by atoms with van der Waals surface area (Å²) in [5.74, 6) is 0. The first-order chi connectivity index (χ1) is 3.98. The van der Waals surface area contributed by atoms with Crippen LogP contribution in [0.25, 0.3) is 0 Å². The predicted molar refractivity (Wildman–Crippen MR) is 42.1 cm³/mol. The second-order valence-corrected chi connectivity index (χ2v) is 3.43. The van der Waals surface area contributed by atoms with Gasteiger partial charge in [-0.05, 0) is 25.9 Å². The molecule has 0 aliphatic carbocycles. The molecule has 0 aliphatic heterocycles. The fourth-order valence-electron chi connectivity index (χ4n) is 0.790. The molecule has 0 bridgehead atoms.